The summed E-state index contributed by atoms with van der Waals surface area (Å²) in [5, 5.41) is 8.18. The first-order valence-electron chi connectivity index (χ1n) is 8.08. The summed E-state index contributed by atoms with van der Waals surface area (Å²) in [5.74, 6) is -0.451. The maximum Gasteiger partial charge on any atom is 0.251 e. The summed E-state index contributed by atoms with van der Waals surface area (Å²) in [6.07, 6.45) is 4.30. The molecule has 1 atom stereocenters. The zero-order chi connectivity index (χ0) is 16.2. The molecule has 0 bridgehead atoms. The van der Waals surface area contributed by atoms with Crippen LogP contribution in [0, 0.1) is 0 Å². The molecule has 3 amide bonds. The molecule has 0 saturated carbocycles. The molecule has 6 heteroatoms. The van der Waals surface area contributed by atoms with E-state index in [4.69, 9.17) is 0 Å². The predicted molar refractivity (Wildman–Crippen MR) is 85.0 cm³/mol. The number of carbonyl (C=O) groups excluding carboxylic acids is 3. The molecule has 122 valence electrons. The van der Waals surface area contributed by atoms with Crippen molar-refractivity contribution in [2.24, 2.45) is 0 Å². The van der Waals surface area contributed by atoms with Gasteiger partial charge in [-0.1, -0.05) is 6.07 Å². The van der Waals surface area contributed by atoms with Gasteiger partial charge in [0.15, 0.2) is 0 Å². The molecule has 3 N–H and O–H groups in total. The van der Waals surface area contributed by atoms with Crippen LogP contribution in [0.2, 0.25) is 0 Å². The number of amides is 3. The van der Waals surface area contributed by atoms with E-state index in [1.165, 1.54) is 11.1 Å². The van der Waals surface area contributed by atoms with Gasteiger partial charge in [0.05, 0.1) is 6.54 Å². The summed E-state index contributed by atoms with van der Waals surface area (Å²) in [4.78, 5) is 35.1. The second-order valence-corrected chi connectivity index (χ2v) is 6.13. The summed E-state index contributed by atoms with van der Waals surface area (Å²) < 4.78 is 0. The van der Waals surface area contributed by atoms with E-state index < -0.39 is 0 Å². The number of piperidine rings is 1. The minimum Gasteiger partial charge on any atom is -0.354 e. The SMILES string of the molecule is O=C1CCC(NC(=O)CNC(=O)c2ccc3c(c2)CCC3)CN1. The van der Waals surface area contributed by atoms with Gasteiger partial charge in [-0.25, -0.2) is 0 Å². The first kappa shape index (κ1) is 15.5. The Balaban J connectivity index is 1.47. The molecular formula is C17H21N3O3. The van der Waals surface area contributed by atoms with Crippen LogP contribution in [0.15, 0.2) is 18.2 Å². The molecule has 1 aromatic rings. The topological polar surface area (TPSA) is 87.3 Å². The average Bonchev–Trinajstić information content (AvgIpc) is 3.02. The van der Waals surface area contributed by atoms with Crippen molar-refractivity contribution in [2.45, 2.75) is 38.1 Å². The van der Waals surface area contributed by atoms with Gasteiger partial charge in [0.25, 0.3) is 5.91 Å². The second-order valence-electron chi connectivity index (χ2n) is 6.13. The standard InChI is InChI=1S/C17H21N3O3/c21-15-7-6-14(9-18-15)20-16(22)10-19-17(23)13-5-4-11-2-1-3-12(11)8-13/h4-5,8,14H,1-3,6-7,9-10H2,(H,18,21)(H,19,23)(H,20,22). The van der Waals surface area contributed by atoms with Gasteiger partial charge in [-0.15, -0.1) is 0 Å². The molecule has 0 aromatic heterocycles. The number of carbonyl (C=O) groups is 3. The van der Waals surface area contributed by atoms with E-state index in [1.54, 1.807) is 0 Å². The molecule has 3 rings (SSSR count). The molecule has 1 aromatic carbocycles. The summed E-state index contributed by atoms with van der Waals surface area (Å²) in [6.45, 7) is 0.393. The Hall–Kier alpha value is -2.37. The fourth-order valence-corrected chi connectivity index (χ4v) is 3.11. The van der Waals surface area contributed by atoms with Crippen molar-refractivity contribution in [3.05, 3.63) is 34.9 Å². The Kier molecular flexibility index (Phi) is 4.60. The van der Waals surface area contributed by atoms with Gasteiger partial charge in [-0.2, -0.15) is 0 Å². The molecule has 6 nitrogen and oxygen atoms in total. The lowest BCUT2D eigenvalue weighted by Gasteiger charge is -2.23. The summed E-state index contributed by atoms with van der Waals surface area (Å²) in [6, 6.07) is 5.68. The third kappa shape index (κ3) is 3.88. The number of hydrogen-bond acceptors (Lipinski definition) is 3. The Morgan fingerprint density at radius 1 is 1.17 bits per heavy atom. The molecule has 1 fully saturated rings. The molecule has 2 aliphatic rings. The van der Waals surface area contributed by atoms with Gasteiger partial charge >= 0.3 is 0 Å². The van der Waals surface area contributed by atoms with Crippen LogP contribution in [-0.4, -0.2) is 36.9 Å². The third-order valence-electron chi connectivity index (χ3n) is 4.40. The van der Waals surface area contributed by atoms with Gasteiger partial charge in [-0.05, 0) is 48.9 Å². The van der Waals surface area contributed by atoms with Crippen molar-refractivity contribution in [1.82, 2.24) is 16.0 Å². The van der Waals surface area contributed by atoms with E-state index in [9.17, 15) is 14.4 Å². The Labute approximate surface area is 135 Å². The molecule has 1 aliphatic carbocycles. The minimum atomic E-state index is -0.236. The van der Waals surface area contributed by atoms with Crippen molar-refractivity contribution >= 4 is 17.7 Å². The van der Waals surface area contributed by atoms with Gasteiger partial charge in [0.1, 0.15) is 0 Å². The molecule has 1 saturated heterocycles. The minimum absolute atomic E-state index is 0.0143. The van der Waals surface area contributed by atoms with E-state index in [1.807, 2.05) is 18.2 Å². The number of aryl methyl sites for hydroxylation is 2. The van der Waals surface area contributed by atoms with Crippen LogP contribution < -0.4 is 16.0 Å². The van der Waals surface area contributed by atoms with Crippen LogP contribution in [0.5, 0.6) is 0 Å². The van der Waals surface area contributed by atoms with Crippen molar-refractivity contribution in [3.8, 4) is 0 Å². The lowest BCUT2D eigenvalue weighted by molar-refractivity contribution is -0.125. The molecule has 1 heterocycles. The van der Waals surface area contributed by atoms with E-state index in [0.29, 0.717) is 24.9 Å². The largest absolute Gasteiger partial charge is 0.354 e. The Morgan fingerprint density at radius 3 is 2.78 bits per heavy atom. The fraction of sp³-hybridized carbons (Fsp3) is 0.471. The number of benzene rings is 1. The zero-order valence-corrected chi connectivity index (χ0v) is 13.0. The molecule has 0 spiro atoms. The molecule has 1 unspecified atom stereocenters. The van der Waals surface area contributed by atoms with Crippen molar-refractivity contribution in [2.75, 3.05) is 13.1 Å². The number of nitrogens with one attached hydrogen (secondary N) is 3. The predicted octanol–water partition coefficient (Wildman–Crippen LogP) is 0.300. The van der Waals surface area contributed by atoms with Crippen LogP contribution in [0.25, 0.3) is 0 Å². The summed E-state index contributed by atoms with van der Waals surface area (Å²) in [7, 11) is 0. The average molecular weight is 315 g/mol. The highest BCUT2D eigenvalue weighted by Gasteiger charge is 2.20. The van der Waals surface area contributed by atoms with E-state index >= 15 is 0 Å². The quantitative estimate of drug-likeness (QED) is 0.747. The first-order chi connectivity index (χ1) is 11.1. The molecule has 23 heavy (non-hydrogen) atoms. The lowest BCUT2D eigenvalue weighted by Crippen LogP contribution is -2.50. The maximum atomic E-state index is 12.1. The third-order valence-corrected chi connectivity index (χ3v) is 4.40. The smallest absolute Gasteiger partial charge is 0.251 e. The van der Waals surface area contributed by atoms with E-state index in [0.717, 1.165) is 19.3 Å². The van der Waals surface area contributed by atoms with Crippen molar-refractivity contribution in [1.29, 1.82) is 0 Å². The fourth-order valence-electron chi connectivity index (χ4n) is 3.11. The lowest BCUT2D eigenvalue weighted by atomic mass is 10.1. The van der Waals surface area contributed by atoms with Crippen molar-refractivity contribution < 1.29 is 14.4 Å². The molecule has 0 radical (unpaired) electrons. The highest BCUT2D eigenvalue weighted by atomic mass is 16.2. The second kappa shape index (κ2) is 6.81. The number of rotatable bonds is 4. The summed E-state index contributed by atoms with van der Waals surface area (Å²) >= 11 is 0. The number of hydrogen-bond donors (Lipinski definition) is 3. The van der Waals surface area contributed by atoms with Gasteiger partial charge in [0.2, 0.25) is 11.8 Å². The first-order valence-corrected chi connectivity index (χ1v) is 8.08. The Morgan fingerprint density at radius 2 is 2.00 bits per heavy atom. The highest BCUT2D eigenvalue weighted by molar-refractivity contribution is 5.96. The van der Waals surface area contributed by atoms with Gasteiger partial charge in [0, 0.05) is 24.6 Å². The van der Waals surface area contributed by atoms with Crippen LogP contribution in [0.3, 0.4) is 0 Å². The van der Waals surface area contributed by atoms with Crippen LogP contribution in [-0.2, 0) is 22.4 Å². The van der Waals surface area contributed by atoms with Crippen molar-refractivity contribution in [3.63, 3.8) is 0 Å². The normalized spacial score (nSPS) is 19.7. The van der Waals surface area contributed by atoms with E-state index in [-0.39, 0.29) is 30.3 Å². The molecular weight excluding hydrogens is 294 g/mol. The zero-order valence-electron chi connectivity index (χ0n) is 13.0. The van der Waals surface area contributed by atoms with Crippen LogP contribution in [0.1, 0.15) is 40.7 Å². The monoisotopic (exact) mass is 315 g/mol. The van der Waals surface area contributed by atoms with Gasteiger partial charge in [-0.3, -0.25) is 14.4 Å². The Bertz CT molecular complexity index is 632. The summed E-state index contributed by atoms with van der Waals surface area (Å²) in [5.41, 5.74) is 3.15. The maximum absolute atomic E-state index is 12.1. The number of fused-ring (bicyclic) bond motifs is 1. The van der Waals surface area contributed by atoms with E-state index in [2.05, 4.69) is 16.0 Å². The van der Waals surface area contributed by atoms with Crippen LogP contribution >= 0.6 is 0 Å². The van der Waals surface area contributed by atoms with Gasteiger partial charge < -0.3 is 16.0 Å². The van der Waals surface area contributed by atoms with Crippen LogP contribution in [0.4, 0.5) is 0 Å². The molecule has 1 aliphatic heterocycles. The highest BCUT2D eigenvalue weighted by Crippen LogP contribution is 2.22.